The minimum absolute atomic E-state index is 0.757. The topological polar surface area (TPSA) is 16.6 Å². The van der Waals surface area contributed by atoms with Crippen LogP contribution in [0.5, 0.6) is 0 Å². The lowest BCUT2D eigenvalue weighted by Crippen LogP contribution is -2.95. The van der Waals surface area contributed by atoms with E-state index < -0.39 is 0 Å². The standard InChI is InChI=1S/C10H23N/c1-7(2)9(5)11-10(6)8(3)4/h7-11H,1-6H3/p+1. The van der Waals surface area contributed by atoms with Crippen LogP contribution in [0.1, 0.15) is 41.5 Å². The normalized spacial score (nSPS) is 17.5. The maximum Gasteiger partial charge on any atom is 0.0855 e. The summed E-state index contributed by atoms with van der Waals surface area (Å²) >= 11 is 0. The largest absolute Gasteiger partial charge is 0.341 e. The summed E-state index contributed by atoms with van der Waals surface area (Å²) in [5.41, 5.74) is 0. The van der Waals surface area contributed by atoms with Crippen molar-refractivity contribution in [2.75, 3.05) is 0 Å². The van der Waals surface area contributed by atoms with Gasteiger partial charge in [-0.3, -0.25) is 0 Å². The zero-order valence-electron chi connectivity index (χ0n) is 8.89. The maximum absolute atomic E-state index is 2.48. The molecule has 0 saturated heterocycles. The number of hydrogen-bond donors (Lipinski definition) is 1. The first kappa shape index (κ1) is 11.0. The molecule has 1 heteroatoms. The van der Waals surface area contributed by atoms with Gasteiger partial charge in [-0.2, -0.15) is 0 Å². The lowest BCUT2D eigenvalue weighted by molar-refractivity contribution is -0.726. The molecule has 0 radical (unpaired) electrons. The number of hydrogen-bond acceptors (Lipinski definition) is 0. The Kier molecular flexibility index (Phi) is 4.74. The maximum atomic E-state index is 2.48. The lowest BCUT2D eigenvalue weighted by Gasteiger charge is -2.21. The van der Waals surface area contributed by atoms with Crippen molar-refractivity contribution in [3.8, 4) is 0 Å². The van der Waals surface area contributed by atoms with E-state index in [0.29, 0.717) is 0 Å². The first-order valence-corrected chi connectivity index (χ1v) is 4.80. The molecular formula is C10H24N+. The molecule has 11 heavy (non-hydrogen) atoms. The molecular weight excluding hydrogens is 134 g/mol. The Morgan fingerprint density at radius 2 is 0.909 bits per heavy atom. The van der Waals surface area contributed by atoms with Crippen LogP contribution in [0.2, 0.25) is 0 Å². The van der Waals surface area contributed by atoms with E-state index in [-0.39, 0.29) is 0 Å². The molecule has 0 aliphatic rings. The Labute approximate surface area is 71.6 Å². The molecule has 0 fully saturated rings. The van der Waals surface area contributed by atoms with Gasteiger partial charge in [0.2, 0.25) is 0 Å². The van der Waals surface area contributed by atoms with E-state index in [1.165, 1.54) is 0 Å². The molecule has 0 aliphatic heterocycles. The van der Waals surface area contributed by atoms with Crippen molar-refractivity contribution in [2.45, 2.75) is 53.6 Å². The van der Waals surface area contributed by atoms with E-state index in [9.17, 15) is 0 Å². The van der Waals surface area contributed by atoms with Gasteiger partial charge in [-0.15, -0.1) is 0 Å². The molecule has 2 atom stereocenters. The second kappa shape index (κ2) is 4.76. The van der Waals surface area contributed by atoms with Crippen LogP contribution < -0.4 is 5.32 Å². The molecule has 0 bridgehead atoms. The Hall–Kier alpha value is -0.0400. The fourth-order valence-electron chi connectivity index (χ4n) is 0.923. The van der Waals surface area contributed by atoms with Gasteiger partial charge in [-0.05, 0) is 13.8 Å². The van der Waals surface area contributed by atoms with Crippen LogP contribution in [0.15, 0.2) is 0 Å². The summed E-state index contributed by atoms with van der Waals surface area (Å²) in [6.45, 7) is 13.8. The highest BCUT2D eigenvalue weighted by molar-refractivity contribution is 4.55. The summed E-state index contributed by atoms with van der Waals surface area (Å²) in [4.78, 5) is 0. The van der Waals surface area contributed by atoms with Crippen molar-refractivity contribution in [3.63, 3.8) is 0 Å². The predicted octanol–water partition coefficient (Wildman–Crippen LogP) is 1.64. The van der Waals surface area contributed by atoms with Crippen molar-refractivity contribution in [1.82, 2.24) is 0 Å². The van der Waals surface area contributed by atoms with Crippen LogP contribution in [0.3, 0.4) is 0 Å². The molecule has 0 aromatic rings. The van der Waals surface area contributed by atoms with Gasteiger partial charge >= 0.3 is 0 Å². The van der Waals surface area contributed by atoms with Crippen LogP contribution in [-0.2, 0) is 0 Å². The van der Waals surface area contributed by atoms with Crippen LogP contribution in [0.25, 0.3) is 0 Å². The highest BCUT2D eigenvalue weighted by Crippen LogP contribution is 1.98. The van der Waals surface area contributed by atoms with Gasteiger partial charge in [0.05, 0.1) is 12.1 Å². The van der Waals surface area contributed by atoms with Gasteiger partial charge in [-0.25, -0.2) is 0 Å². The van der Waals surface area contributed by atoms with Crippen molar-refractivity contribution >= 4 is 0 Å². The summed E-state index contributed by atoms with van der Waals surface area (Å²) in [7, 11) is 0. The summed E-state index contributed by atoms with van der Waals surface area (Å²) in [6.07, 6.45) is 0. The minimum Gasteiger partial charge on any atom is -0.341 e. The molecule has 0 heterocycles. The summed E-state index contributed by atoms with van der Waals surface area (Å²) < 4.78 is 0. The van der Waals surface area contributed by atoms with Crippen LogP contribution >= 0.6 is 0 Å². The summed E-state index contributed by atoms with van der Waals surface area (Å²) in [5, 5.41) is 2.48. The second-order valence-corrected chi connectivity index (χ2v) is 4.40. The molecule has 0 rings (SSSR count). The first-order chi connectivity index (χ1) is 4.95. The van der Waals surface area contributed by atoms with E-state index in [4.69, 9.17) is 0 Å². The number of quaternary nitrogens is 1. The third-order valence-electron chi connectivity index (χ3n) is 2.71. The Bertz CT molecular complexity index is 85.0. The minimum atomic E-state index is 0.757. The molecule has 0 aromatic carbocycles. The highest BCUT2D eigenvalue weighted by Gasteiger charge is 2.16. The van der Waals surface area contributed by atoms with E-state index in [2.05, 4.69) is 46.9 Å². The van der Waals surface area contributed by atoms with E-state index in [1.54, 1.807) is 0 Å². The average Bonchev–Trinajstić information content (AvgIpc) is 1.87. The first-order valence-electron chi connectivity index (χ1n) is 4.80. The molecule has 0 saturated carbocycles. The van der Waals surface area contributed by atoms with Gasteiger partial charge in [0, 0.05) is 11.8 Å². The number of nitrogens with two attached hydrogens (primary N) is 1. The average molecular weight is 158 g/mol. The van der Waals surface area contributed by atoms with Crippen LogP contribution in [-0.4, -0.2) is 12.1 Å². The molecule has 0 spiro atoms. The Morgan fingerprint density at radius 1 is 0.636 bits per heavy atom. The fraction of sp³-hybridized carbons (Fsp3) is 1.00. The van der Waals surface area contributed by atoms with Gasteiger partial charge in [-0.1, -0.05) is 27.7 Å². The van der Waals surface area contributed by atoms with Crippen molar-refractivity contribution in [2.24, 2.45) is 11.8 Å². The van der Waals surface area contributed by atoms with Crippen molar-refractivity contribution < 1.29 is 5.32 Å². The summed E-state index contributed by atoms with van der Waals surface area (Å²) in [6, 6.07) is 1.51. The van der Waals surface area contributed by atoms with E-state index in [0.717, 1.165) is 23.9 Å². The zero-order chi connectivity index (χ0) is 9.02. The molecule has 0 aliphatic carbocycles. The van der Waals surface area contributed by atoms with E-state index in [1.807, 2.05) is 0 Å². The molecule has 0 aromatic heterocycles. The third kappa shape index (κ3) is 4.41. The molecule has 2 unspecified atom stereocenters. The predicted molar refractivity (Wildman–Crippen MR) is 50.5 cm³/mol. The van der Waals surface area contributed by atoms with Crippen LogP contribution in [0.4, 0.5) is 0 Å². The van der Waals surface area contributed by atoms with Crippen LogP contribution in [0, 0.1) is 11.8 Å². The van der Waals surface area contributed by atoms with Gasteiger partial charge < -0.3 is 5.32 Å². The SMILES string of the molecule is CC(C)C(C)[NH2+]C(C)C(C)C. The monoisotopic (exact) mass is 158 g/mol. The van der Waals surface area contributed by atoms with Gasteiger partial charge in [0.25, 0.3) is 0 Å². The second-order valence-electron chi connectivity index (χ2n) is 4.40. The summed E-state index contributed by atoms with van der Waals surface area (Å²) in [5.74, 6) is 1.58. The van der Waals surface area contributed by atoms with Crippen molar-refractivity contribution in [3.05, 3.63) is 0 Å². The smallest absolute Gasteiger partial charge is 0.0855 e. The number of rotatable bonds is 4. The quantitative estimate of drug-likeness (QED) is 0.640. The van der Waals surface area contributed by atoms with Crippen molar-refractivity contribution in [1.29, 1.82) is 0 Å². The third-order valence-corrected chi connectivity index (χ3v) is 2.71. The Morgan fingerprint density at radius 3 is 1.09 bits per heavy atom. The van der Waals surface area contributed by atoms with Gasteiger partial charge in [0.15, 0.2) is 0 Å². The van der Waals surface area contributed by atoms with E-state index >= 15 is 0 Å². The lowest BCUT2D eigenvalue weighted by atomic mass is 10.0. The molecule has 2 N–H and O–H groups in total. The van der Waals surface area contributed by atoms with Gasteiger partial charge in [0.1, 0.15) is 0 Å². The Balaban J connectivity index is 3.66. The molecule has 0 amide bonds. The molecule has 68 valence electrons. The highest BCUT2D eigenvalue weighted by atomic mass is 14.9. The molecule has 1 nitrogen and oxygen atoms in total. The fourth-order valence-corrected chi connectivity index (χ4v) is 0.923. The zero-order valence-corrected chi connectivity index (χ0v) is 8.89.